The minimum Gasteiger partial charge on any atom is -0.449 e. The van der Waals surface area contributed by atoms with Crippen LogP contribution in [0.1, 0.15) is 39.7 Å². The van der Waals surface area contributed by atoms with Crippen LogP contribution < -0.4 is 5.32 Å². The standard InChI is InChI=1S/C23H24ClN3O3/c1-15-9-11-19(12-10-15)14-27-21(24)20(16(2)26-27)23(29)30-17(3)22(28)25-13-18-7-5-4-6-8-18/h4-12,17H,13-14H2,1-3H3,(H,25,28)/t17-/m0/s1. The molecule has 3 aromatic rings. The number of aryl methyl sites for hydroxylation is 2. The van der Waals surface area contributed by atoms with E-state index >= 15 is 0 Å². The maximum absolute atomic E-state index is 12.6. The normalized spacial score (nSPS) is 11.7. The smallest absolute Gasteiger partial charge is 0.343 e. The molecule has 2 aromatic carbocycles. The average molecular weight is 426 g/mol. The first-order valence-electron chi connectivity index (χ1n) is 9.66. The van der Waals surface area contributed by atoms with Gasteiger partial charge in [0.2, 0.25) is 0 Å². The zero-order chi connectivity index (χ0) is 21.7. The molecule has 0 aliphatic heterocycles. The molecule has 0 radical (unpaired) electrons. The maximum atomic E-state index is 12.6. The highest BCUT2D eigenvalue weighted by atomic mass is 35.5. The SMILES string of the molecule is Cc1ccc(Cn2nc(C)c(C(=O)O[C@@H](C)C(=O)NCc3ccccc3)c2Cl)cc1. The van der Waals surface area contributed by atoms with Gasteiger partial charge in [-0.25, -0.2) is 9.48 Å². The van der Waals surface area contributed by atoms with Gasteiger partial charge in [0.25, 0.3) is 5.91 Å². The summed E-state index contributed by atoms with van der Waals surface area (Å²) in [5.41, 5.74) is 3.75. The topological polar surface area (TPSA) is 73.2 Å². The van der Waals surface area contributed by atoms with Crippen molar-refractivity contribution >= 4 is 23.5 Å². The highest BCUT2D eigenvalue weighted by Gasteiger charge is 2.25. The van der Waals surface area contributed by atoms with Crippen LogP contribution in [-0.4, -0.2) is 27.8 Å². The van der Waals surface area contributed by atoms with E-state index in [4.69, 9.17) is 16.3 Å². The first kappa shape index (κ1) is 21.6. The summed E-state index contributed by atoms with van der Waals surface area (Å²) in [6.45, 7) is 6.02. The molecule has 1 N–H and O–H groups in total. The Morgan fingerprint density at radius 3 is 2.40 bits per heavy atom. The predicted molar refractivity (Wildman–Crippen MR) is 115 cm³/mol. The summed E-state index contributed by atoms with van der Waals surface area (Å²) in [6.07, 6.45) is -0.961. The van der Waals surface area contributed by atoms with Crippen molar-refractivity contribution in [3.63, 3.8) is 0 Å². The number of aromatic nitrogens is 2. The summed E-state index contributed by atoms with van der Waals surface area (Å²) in [5.74, 6) is -1.05. The predicted octanol–water partition coefficient (Wildman–Crippen LogP) is 4.06. The van der Waals surface area contributed by atoms with Gasteiger partial charge in [-0.3, -0.25) is 4.79 Å². The lowest BCUT2D eigenvalue weighted by Gasteiger charge is -2.13. The van der Waals surface area contributed by atoms with Gasteiger partial charge in [0, 0.05) is 6.54 Å². The highest BCUT2D eigenvalue weighted by Crippen LogP contribution is 2.22. The molecule has 1 heterocycles. The van der Waals surface area contributed by atoms with E-state index in [1.165, 1.54) is 6.92 Å². The number of esters is 1. The van der Waals surface area contributed by atoms with E-state index in [2.05, 4.69) is 10.4 Å². The molecule has 6 nitrogen and oxygen atoms in total. The number of carbonyl (C=O) groups is 2. The lowest BCUT2D eigenvalue weighted by molar-refractivity contribution is -0.129. The minimum absolute atomic E-state index is 0.173. The first-order valence-corrected chi connectivity index (χ1v) is 10.0. The van der Waals surface area contributed by atoms with Gasteiger partial charge in [-0.05, 0) is 31.9 Å². The lowest BCUT2D eigenvalue weighted by atomic mass is 10.1. The molecular formula is C23H24ClN3O3. The van der Waals surface area contributed by atoms with Gasteiger partial charge in [-0.2, -0.15) is 5.10 Å². The van der Waals surface area contributed by atoms with E-state index in [1.807, 2.05) is 61.5 Å². The monoisotopic (exact) mass is 425 g/mol. The van der Waals surface area contributed by atoms with Crippen LogP contribution in [-0.2, 0) is 22.6 Å². The second-order valence-electron chi connectivity index (χ2n) is 7.15. The molecule has 1 atom stereocenters. The molecule has 0 spiro atoms. The molecule has 0 saturated carbocycles. The molecule has 3 rings (SSSR count). The van der Waals surface area contributed by atoms with E-state index in [-0.39, 0.29) is 16.6 Å². The fourth-order valence-corrected chi connectivity index (χ4v) is 3.27. The molecule has 0 aliphatic rings. The van der Waals surface area contributed by atoms with E-state index in [1.54, 1.807) is 11.6 Å². The van der Waals surface area contributed by atoms with Gasteiger partial charge in [0.1, 0.15) is 10.7 Å². The molecule has 156 valence electrons. The van der Waals surface area contributed by atoms with Crippen molar-refractivity contribution in [3.8, 4) is 0 Å². The first-order chi connectivity index (χ1) is 14.3. The fraction of sp³-hybridized carbons (Fsp3) is 0.261. The quantitative estimate of drug-likeness (QED) is 0.579. The number of hydrogen-bond acceptors (Lipinski definition) is 4. The van der Waals surface area contributed by atoms with Crippen molar-refractivity contribution in [3.05, 3.63) is 87.7 Å². The molecular weight excluding hydrogens is 402 g/mol. The second kappa shape index (κ2) is 9.59. The van der Waals surface area contributed by atoms with E-state index in [0.717, 1.165) is 16.7 Å². The van der Waals surface area contributed by atoms with Crippen molar-refractivity contribution < 1.29 is 14.3 Å². The Morgan fingerprint density at radius 2 is 1.73 bits per heavy atom. The third-order valence-electron chi connectivity index (χ3n) is 4.69. The van der Waals surface area contributed by atoms with Crippen molar-refractivity contribution in [2.45, 2.75) is 40.0 Å². The van der Waals surface area contributed by atoms with Crippen LogP contribution in [0.4, 0.5) is 0 Å². The third-order valence-corrected chi connectivity index (χ3v) is 5.07. The van der Waals surface area contributed by atoms with Crippen molar-refractivity contribution in [1.29, 1.82) is 0 Å². The van der Waals surface area contributed by atoms with Crippen LogP contribution in [0.15, 0.2) is 54.6 Å². The largest absolute Gasteiger partial charge is 0.449 e. The van der Waals surface area contributed by atoms with Crippen LogP contribution in [0.3, 0.4) is 0 Å². The van der Waals surface area contributed by atoms with Crippen LogP contribution >= 0.6 is 11.6 Å². The van der Waals surface area contributed by atoms with Gasteiger partial charge < -0.3 is 10.1 Å². The maximum Gasteiger partial charge on any atom is 0.343 e. The summed E-state index contributed by atoms with van der Waals surface area (Å²) in [5, 5.41) is 7.31. The number of nitrogens with zero attached hydrogens (tertiary/aromatic N) is 2. The van der Waals surface area contributed by atoms with Crippen LogP contribution in [0.5, 0.6) is 0 Å². The summed E-state index contributed by atoms with van der Waals surface area (Å²) in [7, 11) is 0. The summed E-state index contributed by atoms with van der Waals surface area (Å²) in [6, 6.07) is 17.5. The Labute approximate surface area is 180 Å². The molecule has 7 heteroatoms. The Balaban J connectivity index is 1.63. The van der Waals surface area contributed by atoms with Crippen LogP contribution in [0.2, 0.25) is 5.15 Å². The van der Waals surface area contributed by atoms with Crippen molar-refractivity contribution in [2.75, 3.05) is 0 Å². The second-order valence-corrected chi connectivity index (χ2v) is 7.50. The highest BCUT2D eigenvalue weighted by molar-refractivity contribution is 6.32. The number of hydrogen-bond donors (Lipinski definition) is 1. The van der Waals surface area contributed by atoms with Gasteiger partial charge in [0.05, 0.1) is 12.2 Å². The number of amides is 1. The van der Waals surface area contributed by atoms with Gasteiger partial charge >= 0.3 is 5.97 Å². The van der Waals surface area contributed by atoms with Gasteiger partial charge in [-0.15, -0.1) is 0 Å². The summed E-state index contributed by atoms with van der Waals surface area (Å²) < 4.78 is 6.89. The van der Waals surface area contributed by atoms with Gasteiger partial charge in [-0.1, -0.05) is 71.8 Å². The molecule has 1 aromatic heterocycles. The third kappa shape index (κ3) is 5.27. The Hall–Kier alpha value is -3.12. The van der Waals surface area contributed by atoms with Crippen LogP contribution in [0.25, 0.3) is 0 Å². The number of nitrogens with one attached hydrogen (secondary N) is 1. The lowest BCUT2D eigenvalue weighted by Crippen LogP contribution is -2.35. The number of halogens is 1. The summed E-state index contributed by atoms with van der Waals surface area (Å²) >= 11 is 6.41. The Morgan fingerprint density at radius 1 is 1.07 bits per heavy atom. The molecule has 30 heavy (non-hydrogen) atoms. The Bertz CT molecular complexity index is 1030. The average Bonchev–Trinajstić information content (AvgIpc) is 3.01. The number of benzene rings is 2. The van der Waals surface area contributed by atoms with E-state index in [0.29, 0.717) is 18.8 Å². The molecule has 0 unspecified atom stereocenters. The number of carbonyl (C=O) groups excluding carboxylic acids is 2. The van der Waals surface area contributed by atoms with Crippen LogP contribution in [0, 0.1) is 13.8 Å². The molecule has 1 amide bonds. The number of rotatable bonds is 7. The molecule has 0 aliphatic carbocycles. The summed E-state index contributed by atoms with van der Waals surface area (Å²) in [4.78, 5) is 24.9. The van der Waals surface area contributed by atoms with E-state index in [9.17, 15) is 9.59 Å². The fourth-order valence-electron chi connectivity index (χ4n) is 2.96. The van der Waals surface area contributed by atoms with Crippen molar-refractivity contribution in [1.82, 2.24) is 15.1 Å². The van der Waals surface area contributed by atoms with E-state index < -0.39 is 12.1 Å². The molecule has 0 fully saturated rings. The zero-order valence-electron chi connectivity index (χ0n) is 17.2. The van der Waals surface area contributed by atoms with Gasteiger partial charge in [0.15, 0.2) is 6.10 Å². The zero-order valence-corrected chi connectivity index (χ0v) is 17.9. The molecule has 0 bridgehead atoms. The minimum atomic E-state index is -0.961. The number of ether oxygens (including phenoxy) is 1. The van der Waals surface area contributed by atoms with Crippen molar-refractivity contribution in [2.24, 2.45) is 0 Å². The molecule has 0 saturated heterocycles. The Kier molecular flexibility index (Phi) is 6.90.